The van der Waals surface area contributed by atoms with E-state index in [1.165, 1.54) is 0 Å². The molecule has 2 atom stereocenters. The van der Waals surface area contributed by atoms with E-state index in [2.05, 4.69) is 5.32 Å². The summed E-state index contributed by atoms with van der Waals surface area (Å²) in [6.07, 6.45) is 1.84. The van der Waals surface area contributed by atoms with E-state index in [4.69, 9.17) is 28.3 Å². The summed E-state index contributed by atoms with van der Waals surface area (Å²) in [5.41, 5.74) is 1.15. The van der Waals surface area contributed by atoms with Gasteiger partial charge in [0.05, 0.1) is 27.6 Å². The van der Waals surface area contributed by atoms with Crippen LogP contribution in [0, 0.1) is 18.8 Å². The topological polar surface area (TPSA) is 66.4 Å². The third kappa shape index (κ3) is 2.91. The summed E-state index contributed by atoms with van der Waals surface area (Å²) in [5, 5.41) is 12.5. The number of carbonyl (C=O) groups excluding carboxylic acids is 1. The van der Waals surface area contributed by atoms with Crippen molar-refractivity contribution in [2.75, 3.05) is 5.32 Å². The second-order valence-electron chi connectivity index (χ2n) is 5.02. The van der Waals surface area contributed by atoms with Gasteiger partial charge in [0.15, 0.2) is 0 Å². The maximum Gasteiger partial charge on any atom is 0.307 e. The number of carbonyl (C=O) groups is 2. The molecule has 4 nitrogen and oxygen atoms in total. The van der Waals surface area contributed by atoms with Crippen molar-refractivity contribution in [2.24, 2.45) is 11.8 Å². The van der Waals surface area contributed by atoms with Crippen molar-refractivity contribution in [2.45, 2.75) is 26.2 Å². The van der Waals surface area contributed by atoms with Gasteiger partial charge in [-0.05, 0) is 31.4 Å². The molecule has 0 saturated heterocycles. The molecule has 1 fully saturated rings. The van der Waals surface area contributed by atoms with Crippen molar-refractivity contribution in [3.8, 4) is 0 Å². The fraction of sp³-hybridized carbons (Fsp3) is 0.429. The van der Waals surface area contributed by atoms with E-state index in [1.807, 2.05) is 6.92 Å². The van der Waals surface area contributed by atoms with Crippen LogP contribution in [0.3, 0.4) is 0 Å². The van der Waals surface area contributed by atoms with Gasteiger partial charge in [-0.1, -0.05) is 35.7 Å². The SMILES string of the molecule is Cc1ccc(Cl)c(NC(=O)[C@@H]2CCC[C@@H]2C(=O)O)c1Cl. The van der Waals surface area contributed by atoms with E-state index in [-0.39, 0.29) is 5.91 Å². The van der Waals surface area contributed by atoms with E-state index < -0.39 is 17.8 Å². The molecule has 1 aliphatic rings. The molecule has 1 amide bonds. The molecule has 0 heterocycles. The van der Waals surface area contributed by atoms with Crippen LogP contribution in [0.25, 0.3) is 0 Å². The zero-order chi connectivity index (χ0) is 14.9. The molecule has 0 aliphatic heterocycles. The highest BCUT2D eigenvalue weighted by molar-refractivity contribution is 6.40. The molecular weight excluding hydrogens is 301 g/mol. The molecule has 1 aromatic carbocycles. The number of carboxylic acids is 1. The average Bonchev–Trinajstić information content (AvgIpc) is 2.88. The molecule has 6 heteroatoms. The number of hydrogen-bond donors (Lipinski definition) is 2. The Morgan fingerprint density at radius 3 is 2.55 bits per heavy atom. The Balaban J connectivity index is 2.20. The molecule has 1 aromatic rings. The third-order valence-electron chi connectivity index (χ3n) is 3.70. The number of benzene rings is 1. The normalized spacial score (nSPS) is 21.8. The number of hydrogen-bond acceptors (Lipinski definition) is 2. The summed E-state index contributed by atoms with van der Waals surface area (Å²) >= 11 is 12.2. The van der Waals surface area contributed by atoms with Gasteiger partial charge in [0.2, 0.25) is 5.91 Å². The minimum Gasteiger partial charge on any atom is -0.481 e. The van der Waals surface area contributed by atoms with Crippen molar-refractivity contribution >= 4 is 40.8 Å². The summed E-state index contributed by atoms with van der Waals surface area (Å²) in [4.78, 5) is 23.4. The van der Waals surface area contributed by atoms with Crippen LogP contribution in [0.1, 0.15) is 24.8 Å². The third-order valence-corrected chi connectivity index (χ3v) is 4.50. The molecule has 0 spiro atoms. The van der Waals surface area contributed by atoms with Crippen molar-refractivity contribution in [3.05, 3.63) is 27.7 Å². The van der Waals surface area contributed by atoms with Gasteiger partial charge in [0.1, 0.15) is 0 Å². The van der Waals surface area contributed by atoms with Gasteiger partial charge in [-0.3, -0.25) is 9.59 Å². The van der Waals surface area contributed by atoms with Crippen molar-refractivity contribution in [3.63, 3.8) is 0 Å². The zero-order valence-electron chi connectivity index (χ0n) is 11.0. The fourth-order valence-electron chi connectivity index (χ4n) is 2.56. The predicted octanol–water partition coefficient (Wildman–Crippen LogP) is 3.74. The van der Waals surface area contributed by atoms with E-state index >= 15 is 0 Å². The fourth-order valence-corrected chi connectivity index (χ4v) is 3.02. The van der Waals surface area contributed by atoms with E-state index in [1.54, 1.807) is 12.1 Å². The van der Waals surface area contributed by atoms with E-state index in [0.717, 1.165) is 12.0 Å². The van der Waals surface area contributed by atoms with Gasteiger partial charge in [-0.2, -0.15) is 0 Å². The van der Waals surface area contributed by atoms with Crippen LogP contribution in [0.2, 0.25) is 10.0 Å². The summed E-state index contributed by atoms with van der Waals surface area (Å²) < 4.78 is 0. The maximum atomic E-state index is 12.3. The highest BCUT2D eigenvalue weighted by Crippen LogP contribution is 2.36. The number of amides is 1. The molecule has 0 aromatic heterocycles. The maximum absolute atomic E-state index is 12.3. The summed E-state index contributed by atoms with van der Waals surface area (Å²) in [6.45, 7) is 1.81. The molecule has 0 bridgehead atoms. The summed E-state index contributed by atoms with van der Waals surface area (Å²) in [6, 6.07) is 3.41. The van der Waals surface area contributed by atoms with Gasteiger partial charge in [0.25, 0.3) is 0 Å². The lowest BCUT2D eigenvalue weighted by Gasteiger charge is -2.17. The molecule has 108 valence electrons. The largest absolute Gasteiger partial charge is 0.481 e. The highest BCUT2D eigenvalue weighted by atomic mass is 35.5. The molecule has 0 unspecified atom stereocenters. The second-order valence-corrected chi connectivity index (χ2v) is 5.81. The monoisotopic (exact) mass is 315 g/mol. The quantitative estimate of drug-likeness (QED) is 0.892. The molecule has 1 aliphatic carbocycles. The minimum absolute atomic E-state index is 0.329. The van der Waals surface area contributed by atoms with Crippen LogP contribution in [-0.2, 0) is 9.59 Å². The first-order valence-corrected chi connectivity index (χ1v) is 7.15. The Kier molecular flexibility index (Phi) is 4.55. The molecule has 0 radical (unpaired) electrons. The number of rotatable bonds is 3. The number of aryl methyl sites for hydroxylation is 1. The lowest BCUT2D eigenvalue weighted by atomic mass is 9.95. The summed E-state index contributed by atoms with van der Waals surface area (Å²) in [7, 11) is 0. The Morgan fingerprint density at radius 1 is 1.25 bits per heavy atom. The Morgan fingerprint density at radius 2 is 1.90 bits per heavy atom. The van der Waals surface area contributed by atoms with Crippen LogP contribution in [-0.4, -0.2) is 17.0 Å². The predicted molar refractivity (Wildman–Crippen MR) is 78.3 cm³/mol. The molecular formula is C14H15Cl2NO3. The van der Waals surface area contributed by atoms with Crippen LogP contribution in [0.15, 0.2) is 12.1 Å². The first kappa shape index (κ1) is 15.1. The van der Waals surface area contributed by atoms with Crippen LogP contribution in [0.5, 0.6) is 0 Å². The smallest absolute Gasteiger partial charge is 0.307 e. The molecule has 20 heavy (non-hydrogen) atoms. The number of aliphatic carboxylic acids is 1. The lowest BCUT2D eigenvalue weighted by Crippen LogP contribution is -2.30. The van der Waals surface area contributed by atoms with Gasteiger partial charge in [0, 0.05) is 0 Å². The number of halogens is 2. The summed E-state index contributed by atoms with van der Waals surface area (Å²) in [5.74, 6) is -2.41. The second kappa shape index (κ2) is 6.02. The Bertz CT molecular complexity index is 560. The van der Waals surface area contributed by atoms with Crippen molar-refractivity contribution < 1.29 is 14.7 Å². The van der Waals surface area contributed by atoms with Gasteiger partial charge in [-0.25, -0.2) is 0 Å². The van der Waals surface area contributed by atoms with Crippen LogP contribution < -0.4 is 5.32 Å². The van der Waals surface area contributed by atoms with Gasteiger partial charge >= 0.3 is 5.97 Å². The number of anilines is 1. The zero-order valence-corrected chi connectivity index (χ0v) is 12.5. The lowest BCUT2D eigenvalue weighted by molar-refractivity contribution is -0.145. The number of nitrogens with one attached hydrogen (secondary N) is 1. The van der Waals surface area contributed by atoms with Gasteiger partial charge in [-0.15, -0.1) is 0 Å². The highest BCUT2D eigenvalue weighted by Gasteiger charge is 2.38. The van der Waals surface area contributed by atoms with Crippen LogP contribution >= 0.6 is 23.2 Å². The standard InChI is InChI=1S/C14H15Cl2NO3/c1-7-5-6-10(15)12(11(7)16)17-13(18)8-3-2-4-9(8)14(19)20/h5-6,8-9H,2-4H2,1H3,(H,17,18)(H,19,20)/t8-,9+/m1/s1. The van der Waals surface area contributed by atoms with Crippen molar-refractivity contribution in [1.29, 1.82) is 0 Å². The first-order valence-electron chi connectivity index (χ1n) is 6.40. The van der Waals surface area contributed by atoms with Gasteiger partial charge < -0.3 is 10.4 Å². The Hall–Kier alpha value is -1.26. The minimum atomic E-state index is -0.927. The molecule has 2 N–H and O–H groups in total. The van der Waals surface area contributed by atoms with E-state index in [9.17, 15) is 9.59 Å². The first-order chi connectivity index (χ1) is 9.41. The molecule has 1 saturated carbocycles. The molecule has 2 rings (SSSR count). The van der Waals surface area contributed by atoms with Crippen molar-refractivity contribution in [1.82, 2.24) is 0 Å². The average molecular weight is 316 g/mol. The van der Waals surface area contributed by atoms with Crippen LogP contribution in [0.4, 0.5) is 5.69 Å². The Labute approximate surface area is 127 Å². The van der Waals surface area contributed by atoms with E-state index in [0.29, 0.717) is 28.6 Å². The number of carboxylic acid groups (broad SMARTS) is 1.